The highest BCUT2D eigenvalue weighted by molar-refractivity contribution is 5.79. The topological polar surface area (TPSA) is 85.8 Å². The van der Waals surface area contributed by atoms with Gasteiger partial charge in [-0.25, -0.2) is 0 Å². The molecule has 0 aliphatic carbocycles. The fraction of sp³-hybridized carbons (Fsp3) is 0.476. The third kappa shape index (κ3) is 5.28. The Hall–Kier alpha value is -3.03. The van der Waals surface area contributed by atoms with Gasteiger partial charge in [0.25, 0.3) is 0 Å². The van der Waals surface area contributed by atoms with Crippen molar-refractivity contribution in [1.82, 2.24) is 15.5 Å². The summed E-state index contributed by atoms with van der Waals surface area (Å²) in [6.45, 7) is 2.09. The lowest BCUT2D eigenvalue weighted by Gasteiger charge is -2.32. The van der Waals surface area contributed by atoms with Crippen LogP contribution in [0.25, 0.3) is 0 Å². The van der Waals surface area contributed by atoms with E-state index in [1.165, 1.54) is 0 Å². The van der Waals surface area contributed by atoms with Crippen LogP contribution in [0.3, 0.4) is 0 Å². The number of carbonyl (C=O) groups excluding carboxylic acids is 1. The summed E-state index contributed by atoms with van der Waals surface area (Å²) in [5, 5.41) is 11.3. The number of ether oxygens (including phenoxy) is 3. The van der Waals surface area contributed by atoms with E-state index in [1.807, 2.05) is 24.3 Å². The van der Waals surface area contributed by atoms with Crippen molar-refractivity contribution < 1.29 is 19.0 Å². The van der Waals surface area contributed by atoms with Crippen molar-refractivity contribution in [3.05, 3.63) is 35.9 Å². The number of nitrogens with zero attached hydrogens (tertiary/aromatic N) is 3. The second kappa shape index (κ2) is 9.95. The average Bonchev–Trinajstić information content (AvgIpc) is 2.79. The molecule has 1 aliphatic heterocycles. The lowest BCUT2D eigenvalue weighted by atomic mass is 9.97. The second-order valence-corrected chi connectivity index (χ2v) is 6.95. The number of hydrogen-bond acceptors (Lipinski definition) is 7. The van der Waals surface area contributed by atoms with Crippen LogP contribution in [-0.4, -0.2) is 57.1 Å². The predicted octanol–water partition coefficient (Wildman–Crippen LogP) is 2.08. The van der Waals surface area contributed by atoms with Crippen LogP contribution in [0.2, 0.25) is 0 Å². The molecule has 1 aromatic carbocycles. The summed E-state index contributed by atoms with van der Waals surface area (Å²) in [5.74, 6) is 2.67. The SMILES string of the molecule is COc1ccc(N2CCC[C@H](C(=O)NCCc3ccc(OC)c(OC)c3)C2)nn1. The summed E-state index contributed by atoms with van der Waals surface area (Å²) in [6, 6.07) is 9.47. The molecule has 8 heteroatoms. The molecule has 0 bridgehead atoms. The molecule has 29 heavy (non-hydrogen) atoms. The Morgan fingerprint density at radius 1 is 1.10 bits per heavy atom. The summed E-state index contributed by atoms with van der Waals surface area (Å²) in [7, 11) is 4.79. The fourth-order valence-corrected chi connectivity index (χ4v) is 3.50. The van der Waals surface area contributed by atoms with Gasteiger partial charge >= 0.3 is 0 Å². The number of hydrogen-bond donors (Lipinski definition) is 1. The van der Waals surface area contributed by atoms with E-state index in [2.05, 4.69) is 20.4 Å². The molecule has 0 radical (unpaired) electrons. The van der Waals surface area contributed by atoms with Gasteiger partial charge in [0.2, 0.25) is 11.8 Å². The molecular formula is C21H28N4O4. The quantitative estimate of drug-likeness (QED) is 0.726. The monoisotopic (exact) mass is 400 g/mol. The molecule has 0 saturated carbocycles. The van der Waals surface area contributed by atoms with E-state index < -0.39 is 0 Å². The average molecular weight is 400 g/mol. The second-order valence-electron chi connectivity index (χ2n) is 6.95. The van der Waals surface area contributed by atoms with Crippen LogP contribution in [0.5, 0.6) is 17.4 Å². The van der Waals surface area contributed by atoms with Gasteiger partial charge in [0.15, 0.2) is 17.3 Å². The van der Waals surface area contributed by atoms with Crippen LogP contribution in [-0.2, 0) is 11.2 Å². The maximum atomic E-state index is 12.7. The summed E-state index contributed by atoms with van der Waals surface area (Å²) in [5.41, 5.74) is 1.08. The van der Waals surface area contributed by atoms with Crippen molar-refractivity contribution in [2.45, 2.75) is 19.3 Å². The van der Waals surface area contributed by atoms with Crippen LogP contribution in [0.15, 0.2) is 30.3 Å². The largest absolute Gasteiger partial charge is 0.493 e. The zero-order valence-electron chi connectivity index (χ0n) is 17.2. The number of amides is 1. The maximum Gasteiger partial charge on any atom is 0.233 e. The highest BCUT2D eigenvalue weighted by Gasteiger charge is 2.26. The van der Waals surface area contributed by atoms with E-state index in [4.69, 9.17) is 14.2 Å². The van der Waals surface area contributed by atoms with Gasteiger partial charge in [-0.05, 0) is 43.0 Å². The van der Waals surface area contributed by atoms with E-state index in [0.29, 0.717) is 30.5 Å². The van der Waals surface area contributed by atoms with Crippen molar-refractivity contribution in [2.24, 2.45) is 5.92 Å². The van der Waals surface area contributed by atoms with Crippen LogP contribution < -0.4 is 24.4 Å². The molecule has 1 N–H and O–H groups in total. The molecule has 0 spiro atoms. The van der Waals surface area contributed by atoms with Crippen LogP contribution >= 0.6 is 0 Å². The van der Waals surface area contributed by atoms with E-state index in [0.717, 1.165) is 37.2 Å². The third-order valence-corrected chi connectivity index (χ3v) is 5.11. The van der Waals surface area contributed by atoms with Crippen LogP contribution in [0, 0.1) is 5.92 Å². The van der Waals surface area contributed by atoms with Crippen LogP contribution in [0.1, 0.15) is 18.4 Å². The van der Waals surface area contributed by atoms with E-state index in [-0.39, 0.29) is 11.8 Å². The first-order valence-corrected chi connectivity index (χ1v) is 9.76. The number of rotatable bonds is 8. The number of methoxy groups -OCH3 is 3. The van der Waals surface area contributed by atoms with Gasteiger partial charge in [0.1, 0.15) is 0 Å². The first-order valence-electron chi connectivity index (χ1n) is 9.76. The molecule has 0 unspecified atom stereocenters. The zero-order chi connectivity index (χ0) is 20.6. The smallest absolute Gasteiger partial charge is 0.233 e. The van der Waals surface area contributed by atoms with E-state index in [1.54, 1.807) is 27.4 Å². The van der Waals surface area contributed by atoms with Gasteiger partial charge in [-0.15, -0.1) is 10.2 Å². The van der Waals surface area contributed by atoms with E-state index >= 15 is 0 Å². The first-order chi connectivity index (χ1) is 14.1. The fourth-order valence-electron chi connectivity index (χ4n) is 3.50. The molecule has 3 rings (SSSR count). The molecule has 1 saturated heterocycles. The van der Waals surface area contributed by atoms with Crippen molar-refractivity contribution in [3.8, 4) is 17.4 Å². The molecule has 1 fully saturated rings. The molecule has 156 valence electrons. The van der Waals surface area contributed by atoms with Crippen molar-refractivity contribution >= 4 is 11.7 Å². The van der Waals surface area contributed by atoms with Crippen molar-refractivity contribution in [3.63, 3.8) is 0 Å². The molecule has 1 aliphatic rings. The Bertz CT molecular complexity index is 813. The van der Waals surface area contributed by atoms with Gasteiger partial charge in [0, 0.05) is 25.7 Å². The Morgan fingerprint density at radius 2 is 1.93 bits per heavy atom. The molecule has 2 aromatic rings. The minimum Gasteiger partial charge on any atom is -0.493 e. The Labute approximate surface area is 171 Å². The minimum absolute atomic E-state index is 0.0574. The highest BCUT2D eigenvalue weighted by Crippen LogP contribution is 2.27. The standard InChI is InChI=1S/C21H28N4O4/c1-27-17-7-6-15(13-18(17)28-2)10-11-22-21(26)16-5-4-12-25(14-16)19-8-9-20(29-3)24-23-19/h6-9,13,16H,4-5,10-12,14H2,1-3H3,(H,22,26)/t16-/m0/s1. The Morgan fingerprint density at radius 3 is 2.62 bits per heavy atom. The molecule has 1 aromatic heterocycles. The molecular weight excluding hydrogens is 372 g/mol. The minimum atomic E-state index is -0.0574. The third-order valence-electron chi connectivity index (χ3n) is 5.11. The number of aromatic nitrogens is 2. The number of benzene rings is 1. The van der Waals surface area contributed by atoms with Gasteiger partial charge in [-0.2, -0.15) is 0 Å². The van der Waals surface area contributed by atoms with Gasteiger partial charge < -0.3 is 24.4 Å². The predicted molar refractivity (Wildman–Crippen MR) is 110 cm³/mol. The first kappa shape index (κ1) is 20.7. The molecule has 2 heterocycles. The molecule has 1 amide bonds. The number of nitrogens with one attached hydrogen (secondary N) is 1. The Balaban J connectivity index is 1.51. The lowest BCUT2D eigenvalue weighted by Crippen LogP contribution is -2.43. The Kier molecular flexibility index (Phi) is 7.10. The number of carbonyl (C=O) groups is 1. The molecule has 1 atom stereocenters. The zero-order valence-corrected chi connectivity index (χ0v) is 17.2. The van der Waals surface area contributed by atoms with Crippen molar-refractivity contribution in [2.75, 3.05) is 45.9 Å². The summed E-state index contributed by atoms with van der Waals surface area (Å²) < 4.78 is 15.6. The maximum absolute atomic E-state index is 12.7. The van der Waals surface area contributed by atoms with E-state index in [9.17, 15) is 4.79 Å². The van der Waals surface area contributed by atoms with Gasteiger partial charge in [-0.1, -0.05) is 6.07 Å². The van der Waals surface area contributed by atoms with Crippen molar-refractivity contribution in [1.29, 1.82) is 0 Å². The number of piperidine rings is 1. The summed E-state index contributed by atoms with van der Waals surface area (Å²) in [6.07, 6.45) is 2.55. The lowest BCUT2D eigenvalue weighted by molar-refractivity contribution is -0.125. The summed E-state index contributed by atoms with van der Waals surface area (Å²) >= 11 is 0. The normalized spacial score (nSPS) is 16.2. The number of anilines is 1. The highest BCUT2D eigenvalue weighted by atomic mass is 16.5. The molecule has 8 nitrogen and oxygen atoms in total. The van der Waals surface area contributed by atoms with Crippen LogP contribution in [0.4, 0.5) is 5.82 Å². The van der Waals surface area contributed by atoms with Gasteiger partial charge in [-0.3, -0.25) is 4.79 Å². The van der Waals surface area contributed by atoms with Gasteiger partial charge in [0.05, 0.1) is 27.2 Å². The summed E-state index contributed by atoms with van der Waals surface area (Å²) in [4.78, 5) is 14.8.